The quantitative estimate of drug-likeness (QED) is 0.370. The molecule has 1 aromatic carbocycles. The molecule has 2 saturated heterocycles. The van der Waals surface area contributed by atoms with Crippen LogP contribution < -0.4 is 10.2 Å². The molecule has 0 radical (unpaired) electrons. The van der Waals surface area contributed by atoms with E-state index in [-0.39, 0.29) is 18.2 Å². The lowest BCUT2D eigenvalue weighted by atomic mass is 10.1. The van der Waals surface area contributed by atoms with Crippen LogP contribution in [0.5, 0.6) is 0 Å². The molecule has 2 bridgehead atoms. The number of methoxy groups -OCH3 is 1. The van der Waals surface area contributed by atoms with E-state index in [9.17, 15) is 9.59 Å². The molecule has 2 fully saturated rings. The van der Waals surface area contributed by atoms with E-state index in [1.165, 1.54) is 7.11 Å². The molecule has 2 atom stereocenters. The summed E-state index contributed by atoms with van der Waals surface area (Å²) in [6, 6.07) is 9.35. The highest BCUT2D eigenvalue weighted by Crippen LogP contribution is 2.36. The summed E-state index contributed by atoms with van der Waals surface area (Å²) >= 11 is 0. The predicted molar refractivity (Wildman–Crippen MR) is 148 cm³/mol. The maximum absolute atomic E-state index is 12.7. The Morgan fingerprint density at radius 3 is 2.58 bits per heavy atom. The fourth-order valence-electron chi connectivity index (χ4n) is 5.32. The number of carbonyl (C=O) groups excluding carboxylic acids is 2. The molecule has 0 aliphatic carbocycles. The van der Waals surface area contributed by atoms with Crippen molar-refractivity contribution in [2.45, 2.75) is 44.9 Å². The summed E-state index contributed by atoms with van der Waals surface area (Å²) < 4.78 is 12.3. The second-order valence-corrected chi connectivity index (χ2v) is 10.9. The number of aromatic nitrogens is 5. The summed E-state index contributed by atoms with van der Waals surface area (Å²) in [7, 11) is 1.35. The predicted octanol–water partition coefficient (Wildman–Crippen LogP) is 3.94. The number of pyridine rings is 1. The zero-order valence-corrected chi connectivity index (χ0v) is 22.7. The second kappa shape index (κ2) is 9.78. The summed E-state index contributed by atoms with van der Waals surface area (Å²) in [5.74, 6) is 1.48. The second-order valence-electron chi connectivity index (χ2n) is 10.9. The van der Waals surface area contributed by atoms with Crippen molar-refractivity contribution in [3.05, 3.63) is 60.7 Å². The van der Waals surface area contributed by atoms with Crippen molar-refractivity contribution in [1.29, 1.82) is 0 Å². The zero-order valence-electron chi connectivity index (χ0n) is 22.7. The number of hydrogen-bond acceptors (Lipinski definition) is 10. The minimum Gasteiger partial charge on any atom is -0.465 e. The Balaban J connectivity index is 1.32. The molecule has 1 N–H and O–H groups in total. The number of ether oxygens (including phenoxy) is 2. The first-order chi connectivity index (χ1) is 19.2. The van der Waals surface area contributed by atoms with Crippen LogP contribution >= 0.6 is 0 Å². The normalized spacial score (nSPS) is 18.3. The van der Waals surface area contributed by atoms with Gasteiger partial charge in [-0.25, -0.2) is 24.2 Å². The average molecular weight is 543 g/mol. The van der Waals surface area contributed by atoms with Gasteiger partial charge in [0.15, 0.2) is 5.82 Å². The van der Waals surface area contributed by atoms with E-state index in [1.54, 1.807) is 41.6 Å². The van der Waals surface area contributed by atoms with Gasteiger partial charge >= 0.3 is 12.1 Å². The fourth-order valence-corrected chi connectivity index (χ4v) is 5.32. The van der Waals surface area contributed by atoms with Gasteiger partial charge in [-0.1, -0.05) is 0 Å². The molecule has 12 nitrogen and oxygen atoms in total. The van der Waals surface area contributed by atoms with Crippen molar-refractivity contribution < 1.29 is 19.1 Å². The number of amides is 1. The monoisotopic (exact) mass is 542 g/mol. The van der Waals surface area contributed by atoms with Gasteiger partial charge in [0.2, 0.25) is 0 Å². The molecule has 3 aromatic heterocycles. The Morgan fingerprint density at radius 1 is 1.02 bits per heavy atom. The minimum absolute atomic E-state index is 0.0706. The number of nitrogens with one attached hydrogen (secondary N) is 1. The average Bonchev–Trinajstić information content (AvgIpc) is 3.65. The summed E-state index contributed by atoms with van der Waals surface area (Å²) in [4.78, 5) is 42.1. The van der Waals surface area contributed by atoms with E-state index in [2.05, 4.69) is 25.2 Å². The molecule has 4 aromatic rings. The highest BCUT2D eigenvalue weighted by molar-refractivity contribution is 5.99. The molecule has 0 saturated carbocycles. The van der Waals surface area contributed by atoms with Gasteiger partial charge in [-0.05, 0) is 51.5 Å². The Labute approximate surface area is 230 Å². The van der Waals surface area contributed by atoms with Gasteiger partial charge in [-0.2, -0.15) is 0 Å². The number of benzene rings is 1. The molecule has 1 amide bonds. The van der Waals surface area contributed by atoms with E-state index in [0.717, 1.165) is 23.3 Å². The molecule has 6 rings (SSSR count). The number of likely N-dealkylation sites (tertiary alicyclic amines) is 1. The van der Waals surface area contributed by atoms with Crippen molar-refractivity contribution >= 4 is 40.4 Å². The van der Waals surface area contributed by atoms with E-state index in [1.807, 2.05) is 43.9 Å². The van der Waals surface area contributed by atoms with Crippen LogP contribution in [0.15, 0.2) is 55.1 Å². The smallest absolute Gasteiger partial charge is 0.410 e. The van der Waals surface area contributed by atoms with Gasteiger partial charge in [-0.3, -0.25) is 4.98 Å². The van der Waals surface area contributed by atoms with Crippen LogP contribution in [0, 0.1) is 0 Å². The number of hydrogen-bond donors (Lipinski definition) is 1. The molecule has 0 spiro atoms. The van der Waals surface area contributed by atoms with Crippen LogP contribution in [0.4, 0.5) is 22.2 Å². The summed E-state index contributed by atoms with van der Waals surface area (Å²) in [6.07, 6.45) is 7.15. The number of piperazine rings is 1. The number of carbonyl (C=O) groups is 2. The van der Waals surface area contributed by atoms with E-state index >= 15 is 0 Å². The SMILES string of the molecule is COC(=O)c1ccc2c(Nc3cnccn3)nn(-c3ccnc(N4C[C@@H]5C[C@H]4CN5C(=O)OC(C)(C)C)c3)c2c1. The molecule has 40 heavy (non-hydrogen) atoms. The van der Waals surface area contributed by atoms with E-state index in [0.29, 0.717) is 35.8 Å². The third-order valence-corrected chi connectivity index (χ3v) is 7.05. The van der Waals surface area contributed by atoms with Crippen molar-refractivity contribution in [2.24, 2.45) is 0 Å². The van der Waals surface area contributed by atoms with Gasteiger partial charge < -0.3 is 24.6 Å². The van der Waals surface area contributed by atoms with Crippen molar-refractivity contribution in [3.63, 3.8) is 0 Å². The van der Waals surface area contributed by atoms with Crippen molar-refractivity contribution in [3.8, 4) is 5.69 Å². The number of anilines is 3. The first-order valence-corrected chi connectivity index (χ1v) is 13.1. The molecular weight excluding hydrogens is 512 g/mol. The fraction of sp³-hybridized carbons (Fsp3) is 0.357. The molecule has 206 valence electrons. The molecule has 2 aliphatic rings. The van der Waals surface area contributed by atoms with Crippen LogP contribution in [0.25, 0.3) is 16.6 Å². The van der Waals surface area contributed by atoms with Crippen molar-refractivity contribution in [2.75, 3.05) is 30.4 Å². The Kier molecular flexibility index (Phi) is 6.24. The van der Waals surface area contributed by atoms with Crippen LogP contribution in [0.1, 0.15) is 37.6 Å². The lowest BCUT2D eigenvalue weighted by Crippen LogP contribution is -2.50. The first kappa shape index (κ1) is 25.5. The lowest BCUT2D eigenvalue weighted by molar-refractivity contribution is 0.0214. The van der Waals surface area contributed by atoms with Gasteiger partial charge in [-0.15, -0.1) is 5.10 Å². The first-order valence-electron chi connectivity index (χ1n) is 13.1. The molecule has 5 heterocycles. The van der Waals surface area contributed by atoms with E-state index < -0.39 is 11.6 Å². The van der Waals surface area contributed by atoms with Crippen LogP contribution in [0.2, 0.25) is 0 Å². The molecule has 0 unspecified atom stereocenters. The maximum Gasteiger partial charge on any atom is 0.410 e. The molecular formula is C28H30N8O4. The summed E-state index contributed by atoms with van der Waals surface area (Å²) in [5.41, 5.74) is 1.37. The third-order valence-electron chi connectivity index (χ3n) is 7.05. The number of fused-ring (bicyclic) bond motifs is 3. The topological polar surface area (TPSA) is 128 Å². The van der Waals surface area contributed by atoms with Crippen LogP contribution in [-0.2, 0) is 9.47 Å². The Morgan fingerprint density at radius 2 is 1.88 bits per heavy atom. The molecule has 12 heteroatoms. The number of nitrogens with zero attached hydrogens (tertiary/aromatic N) is 7. The number of esters is 1. The zero-order chi connectivity index (χ0) is 28.0. The Bertz CT molecular complexity index is 1580. The van der Waals surface area contributed by atoms with Gasteiger partial charge in [0, 0.05) is 43.1 Å². The van der Waals surface area contributed by atoms with Crippen molar-refractivity contribution in [1.82, 2.24) is 29.6 Å². The van der Waals surface area contributed by atoms with Crippen LogP contribution in [-0.4, -0.2) is 79.6 Å². The standard InChI is InChI=1S/C28H30N8O4/c1-28(2,3)40-27(38)35-16-19-12-20(35)15-34(19)24-13-18(7-8-31-24)36-22-11-17(26(37)39-4)5-6-21(22)25(33-36)32-23-14-29-9-10-30-23/h5-11,13-14,19-20H,12,15-16H2,1-4H3,(H,30,32,33)/t19-,20-/m0/s1. The third kappa shape index (κ3) is 4.76. The van der Waals surface area contributed by atoms with Gasteiger partial charge in [0.05, 0.1) is 42.2 Å². The lowest BCUT2D eigenvalue weighted by Gasteiger charge is -2.35. The molecule has 2 aliphatic heterocycles. The minimum atomic E-state index is -0.532. The summed E-state index contributed by atoms with van der Waals surface area (Å²) in [6.45, 7) is 6.89. The summed E-state index contributed by atoms with van der Waals surface area (Å²) in [5, 5.41) is 8.86. The largest absolute Gasteiger partial charge is 0.465 e. The number of rotatable bonds is 5. The van der Waals surface area contributed by atoms with Crippen LogP contribution in [0.3, 0.4) is 0 Å². The maximum atomic E-state index is 12.7. The Hall–Kier alpha value is -4.74. The van der Waals surface area contributed by atoms with Gasteiger partial charge in [0.25, 0.3) is 0 Å². The van der Waals surface area contributed by atoms with E-state index in [4.69, 9.17) is 14.6 Å². The highest BCUT2D eigenvalue weighted by atomic mass is 16.6. The highest BCUT2D eigenvalue weighted by Gasteiger charge is 2.47. The van der Waals surface area contributed by atoms with Gasteiger partial charge in [0.1, 0.15) is 17.2 Å².